The number of aromatic nitrogens is 1. The highest BCUT2D eigenvalue weighted by Gasteiger charge is 2.19. The summed E-state index contributed by atoms with van der Waals surface area (Å²) in [6, 6.07) is 2.65. The van der Waals surface area contributed by atoms with E-state index in [0.29, 0.717) is 17.7 Å². The van der Waals surface area contributed by atoms with Gasteiger partial charge in [0.05, 0.1) is 14.2 Å². The third-order valence-electron chi connectivity index (χ3n) is 3.83. The lowest BCUT2D eigenvalue weighted by Crippen LogP contribution is -2.48. The molecule has 1 saturated heterocycles. The van der Waals surface area contributed by atoms with E-state index in [-0.39, 0.29) is 0 Å². The summed E-state index contributed by atoms with van der Waals surface area (Å²) in [4.78, 5) is 9.27. The summed E-state index contributed by atoms with van der Waals surface area (Å²) in [6.45, 7) is 9.91. The maximum atomic E-state index is 5.30. The smallest absolute Gasteiger partial charge is 0.256 e. The molecule has 0 radical (unpaired) electrons. The molecule has 0 amide bonds. The van der Waals surface area contributed by atoms with E-state index in [1.165, 1.54) is 5.56 Å². The van der Waals surface area contributed by atoms with Crippen LogP contribution in [0.1, 0.15) is 19.4 Å². The Morgan fingerprint density at radius 2 is 1.85 bits per heavy atom. The summed E-state index contributed by atoms with van der Waals surface area (Å²) in [7, 11) is 3.25. The number of hydrogen-bond acceptors (Lipinski definition) is 5. The number of pyridine rings is 1. The topological polar surface area (TPSA) is 37.8 Å². The van der Waals surface area contributed by atoms with Gasteiger partial charge in [0, 0.05) is 45.0 Å². The van der Waals surface area contributed by atoms with Crippen molar-refractivity contribution in [3.05, 3.63) is 17.8 Å². The maximum absolute atomic E-state index is 5.30. The van der Waals surface area contributed by atoms with Gasteiger partial charge in [-0.25, -0.2) is 4.98 Å². The molecule has 0 atom stereocenters. The molecule has 0 aromatic carbocycles. The number of ether oxygens (including phenoxy) is 2. The number of nitrogens with zero attached hydrogens (tertiary/aromatic N) is 3. The van der Waals surface area contributed by atoms with Gasteiger partial charge in [-0.2, -0.15) is 0 Å². The van der Waals surface area contributed by atoms with Gasteiger partial charge in [0.1, 0.15) is 0 Å². The number of piperazine rings is 1. The molecule has 0 spiro atoms. The zero-order valence-corrected chi connectivity index (χ0v) is 12.9. The molecule has 20 heavy (non-hydrogen) atoms. The third kappa shape index (κ3) is 3.61. The normalized spacial score (nSPS) is 17.4. The van der Waals surface area contributed by atoms with Crippen LogP contribution in [0.2, 0.25) is 0 Å². The molecule has 112 valence electrons. The maximum Gasteiger partial charge on any atom is 0.256 e. The monoisotopic (exact) mass is 279 g/mol. The van der Waals surface area contributed by atoms with E-state index in [1.807, 2.05) is 12.3 Å². The van der Waals surface area contributed by atoms with Crippen molar-refractivity contribution in [2.75, 3.05) is 40.4 Å². The van der Waals surface area contributed by atoms with Gasteiger partial charge in [-0.1, -0.05) is 0 Å². The van der Waals surface area contributed by atoms with E-state index < -0.39 is 0 Å². The first kappa shape index (κ1) is 15.1. The molecule has 0 unspecified atom stereocenters. The second-order valence-corrected chi connectivity index (χ2v) is 5.46. The Morgan fingerprint density at radius 1 is 1.15 bits per heavy atom. The van der Waals surface area contributed by atoms with E-state index in [9.17, 15) is 0 Å². The Balaban J connectivity index is 1.94. The number of hydrogen-bond donors (Lipinski definition) is 0. The molecular weight excluding hydrogens is 254 g/mol. The van der Waals surface area contributed by atoms with Gasteiger partial charge in [0.2, 0.25) is 0 Å². The molecule has 2 rings (SSSR count). The Kier molecular flexibility index (Phi) is 5.20. The summed E-state index contributed by atoms with van der Waals surface area (Å²) in [6.07, 6.45) is 1.87. The second-order valence-electron chi connectivity index (χ2n) is 5.46. The highest BCUT2D eigenvalue weighted by Crippen LogP contribution is 2.25. The zero-order chi connectivity index (χ0) is 14.5. The van der Waals surface area contributed by atoms with E-state index in [2.05, 4.69) is 28.6 Å². The minimum absolute atomic E-state index is 0.542. The van der Waals surface area contributed by atoms with Crippen LogP contribution in [0, 0.1) is 0 Å². The second kappa shape index (κ2) is 6.90. The summed E-state index contributed by atoms with van der Waals surface area (Å²) in [5.41, 5.74) is 1.17. The highest BCUT2D eigenvalue weighted by atomic mass is 16.5. The van der Waals surface area contributed by atoms with Crippen LogP contribution in [-0.2, 0) is 6.54 Å². The SMILES string of the molecule is COc1cc(CN2CCN(C(C)C)CC2)cnc1OC. The molecule has 1 fully saturated rings. The van der Waals surface area contributed by atoms with Crippen molar-refractivity contribution < 1.29 is 9.47 Å². The average Bonchev–Trinajstić information content (AvgIpc) is 2.47. The van der Waals surface area contributed by atoms with Gasteiger partial charge in [-0.05, 0) is 25.5 Å². The Labute approximate surface area is 121 Å². The highest BCUT2D eigenvalue weighted by molar-refractivity contribution is 5.36. The fourth-order valence-electron chi connectivity index (χ4n) is 2.55. The molecule has 1 aromatic heterocycles. The van der Waals surface area contributed by atoms with E-state index in [1.54, 1.807) is 14.2 Å². The van der Waals surface area contributed by atoms with Gasteiger partial charge in [-0.15, -0.1) is 0 Å². The van der Waals surface area contributed by atoms with Crippen LogP contribution in [0.5, 0.6) is 11.6 Å². The predicted octanol–water partition coefficient (Wildman–Crippen LogP) is 1.62. The van der Waals surface area contributed by atoms with Crippen molar-refractivity contribution in [3.63, 3.8) is 0 Å². The van der Waals surface area contributed by atoms with Gasteiger partial charge in [0.15, 0.2) is 5.75 Å². The minimum atomic E-state index is 0.542. The number of rotatable bonds is 5. The molecule has 0 bridgehead atoms. The average molecular weight is 279 g/mol. The number of methoxy groups -OCH3 is 2. The van der Waals surface area contributed by atoms with Crippen molar-refractivity contribution in [1.29, 1.82) is 0 Å². The van der Waals surface area contributed by atoms with Crippen LogP contribution >= 0.6 is 0 Å². The van der Waals surface area contributed by atoms with Crippen molar-refractivity contribution >= 4 is 0 Å². The lowest BCUT2D eigenvalue weighted by molar-refractivity contribution is 0.104. The van der Waals surface area contributed by atoms with Crippen LogP contribution in [0.15, 0.2) is 12.3 Å². The Morgan fingerprint density at radius 3 is 2.40 bits per heavy atom. The van der Waals surface area contributed by atoms with Crippen LogP contribution in [0.25, 0.3) is 0 Å². The molecule has 5 nitrogen and oxygen atoms in total. The fraction of sp³-hybridized carbons (Fsp3) is 0.667. The lowest BCUT2D eigenvalue weighted by atomic mass is 10.2. The summed E-state index contributed by atoms with van der Waals surface area (Å²) >= 11 is 0. The van der Waals surface area contributed by atoms with E-state index in [0.717, 1.165) is 32.7 Å². The molecule has 2 heterocycles. The zero-order valence-electron chi connectivity index (χ0n) is 12.9. The third-order valence-corrected chi connectivity index (χ3v) is 3.83. The van der Waals surface area contributed by atoms with Crippen molar-refractivity contribution in [2.45, 2.75) is 26.4 Å². The summed E-state index contributed by atoms with van der Waals surface area (Å²) in [5.74, 6) is 1.24. The van der Waals surface area contributed by atoms with Gasteiger partial charge in [-0.3, -0.25) is 9.80 Å². The quantitative estimate of drug-likeness (QED) is 0.819. The van der Waals surface area contributed by atoms with Crippen LogP contribution < -0.4 is 9.47 Å². The first-order valence-corrected chi connectivity index (χ1v) is 7.17. The standard InChI is InChI=1S/C15H25N3O2/c1-12(2)18-7-5-17(6-8-18)11-13-9-14(19-3)15(20-4)16-10-13/h9-10,12H,5-8,11H2,1-4H3. The van der Waals surface area contributed by atoms with Crippen molar-refractivity contribution in [3.8, 4) is 11.6 Å². The molecular formula is C15H25N3O2. The van der Waals surface area contributed by atoms with Crippen LogP contribution in [-0.4, -0.2) is 61.2 Å². The van der Waals surface area contributed by atoms with Crippen molar-refractivity contribution in [2.24, 2.45) is 0 Å². The van der Waals surface area contributed by atoms with Crippen molar-refractivity contribution in [1.82, 2.24) is 14.8 Å². The van der Waals surface area contributed by atoms with Crippen LogP contribution in [0.4, 0.5) is 0 Å². The predicted molar refractivity (Wildman–Crippen MR) is 79.3 cm³/mol. The van der Waals surface area contributed by atoms with Gasteiger partial charge >= 0.3 is 0 Å². The molecule has 0 saturated carbocycles. The summed E-state index contributed by atoms with van der Waals surface area (Å²) < 4.78 is 10.5. The largest absolute Gasteiger partial charge is 0.491 e. The van der Waals surface area contributed by atoms with E-state index >= 15 is 0 Å². The fourth-order valence-corrected chi connectivity index (χ4v) is 2.55. The molecule has 1 aromatic rings. The molecule has 1 aliphatic rings. The lowest BCUT2D eigenvalue weighted by Gasteiger charge is -2.36. The first-order valence-electron chi connectivity index (χ1n) is 7.17. The molecule has 0 aliphatic carbocycles. The van der Waals surface area contributed by atoms with Gasteiger partial charge < -0.3 is 9.47 Å². The first-order chi connectivity index (χ1) is 9.63. The minimum Gasteiger partial charge on any atom is -0.491 e. The molecule has 0 N–H and O–H groups in total. The van der Waals surface area contributed by atoms with Crippen LogP contribution in [0.3, 0.4) is 0 Å². The Hall–Kier alpha value is -1.33. The van der Waals surface area contributed by atoms with Gasteiger partial charge in [0.25, 0.3) is 5.88 Å². The van der Waals surface area contributed by atoms with E-state index in [4.69, 9.17) is 9.47 Å². The summed E-state index contributed by atoms with van der Waals surface area (Å²) in [5, 5.41) is 0. The molecule has 1 aliphatic heterocycles. The Bertz CT molecular complexity index is 429. The molecule has 5 heteroatoms.